The van der Waals surface area contributed by atoms with Crippen molar-refractivity contribution in [2.45, 2.75) is 33.4 Å². The van der Waals surface area contributed by atoms with Crippen molar-refractivity contribution in [3.63, 3.8) is 0 Å². The summed E-state index contributed by atoms with van der Waals surface area (Å²) in [5, 5.41) is 0. The van der Waals surface area contributed by atoms with Crippen LogP contribution in [0.4, 0.5) is 15.8 Å². The highest BCUT2D eigenvalue weighted by molar-refractivity contribution is 5.69. The minimum atomic E-state index is -0.452. The molecule has 0 saturated heterocycles. The molecule has 5 heteroatoms. The molecule has 1 aromatic carbocycles. The van der Waals surface area contributed by atoms with Gasteiger partial charge in [-0.2, -0.15) is 0 Å². The molecule has 0 aliphatic heterocycles. The second-order valence-corrected chi connectivity index (χ2v) is 5.38. The van der Waals surface area contributed by atoms with Crippen molar-refractivity contribution in [3.8, 4) is 5.75 Å². The molecule has 21 heavy (non-hydrogen) atoms. The van der Waals surface area contributed by atoms with Gasteiger partial charge in [0.05, 0.1) is 24.0 Å². The molecule has 0 radical (unpaired) electrons. The monoisotopic (exact) mass is 292 g/mol. The Morgan fingerprint density at radius 3 is 2.62 bits per heavy atom. The molecule has 0 fully saturated rings. The van der Waals surface area contributed by atoms with E-state index < -0.39 is 5.82 Å². The fraction of sp³-hybridized carbons (Fsp3) is 0.375. The number of aryl methyl sites for hydroxylation is 1. The maximum absolute atomic E-state index is 13.8. The standard InChI is InChI=1S/C16H21FN2O2/c1-10(2)20-16-8-15(14(18)7-13(16)17)19(4)9-12-6-5-11(3)21-12/h5-8,10H,9,18H2,1-4H3. The molecular formula is C16H21FN2O2. The summed E-state index contributed by atoms with van der Waals surface area (Å²) in [6.45, 7) is 6.14. The van der Waals surface area contributed by atoms with E-state index in [-0.39, 0.29) is 11.9 Å². The fourth-order valence-electron chi connectivity index (χ4n) is 2.12. The lowest BCUT2D eigenvalue weighted by Gasteiger charge is -2.22. The Bertz CT molecular complexity index is 623. The Hall–Kier alpha value is -2.17. The molecule has 0 unspecified atom stereocenters. The lowest BCUT2D eigenvalue weighted by molar-refractivity contribution is 0.231. The number of rotatable bonds is 5. The maximum atomic E-state index is 13.8. The quantitative estimate of drug-likeness (QED) is 0.853. The molecule has 2 aromatic rings. The van der Waals surface area contributed by atoms with Gasteiger partial charge in [-0.3, -0.25) is 0 Å². The van der Waals surface area contributed by atoms with Crippen LogP contribution in [0.3, 0.4) is 0 Å². The van der Waals surface area contributed by atoms with Crippen LogP contribution in [-0.4, -0.2) is 13.2 Å². The summed E-state index contributed by atoms with van der Waals surface area (Å²) in [4.78, 5) is 1.90. The number of ether oxygens (including phenoxy) is 1. The number of benzene rings is 1. The van der Waals surface area contributed by atoms with Crippen LogP contribution < -0.4 is 15.4 Å². The van der Waals surface area contributed by atoms with Crippen LogP contribution in [0.2, 0.25) is 0 Å². The minimum Gasteiger partial charge on any atom is -0.488 e. The number of nitrogens with zero attached hydrogens (tertiary/aromatic N) is 1. The van der Waals surface area contributed by atoms with Gasteiger partial charge in [-0.25, -0.2) is 4.39 Å². The van der Waals surface area contributed by atoms with Gasteiger partial charge in [-0.05, 0) is 32.9 Å². The van der Waals surface area contributed by atoms with Crippen LogP contribution in [0.5, 0.6) is 5.75 Å². The van der Waals surface area contributed by atoms with Gasteiger partial charge in [0.2, 0.25) is 0 Å². The van der Waals surface area contributed by atoms with E-state index in [1.165, 1.54) is 6.07 Å². The van der Waals surface area contributed by atoms with Gasteiger partial charge in [0.1, 0.15) is 11.5 Å². The fourth-order valence-corrected chi connectivity index (χ4v) is 2.12. The van der Waals surface area contributed by atoms with E-state index in [1.807, 2.05) is 44.9 Å². The highest BCUT2D eigenvalue weighted by Gasteiger charge is 2.14. The van der Waals surface area contributed by atoms with Gasteiger partial charge >= 0.3 is 0 Å². The molecule has 0 aliphatic carbocycles. The molecule has 114 valence electrons. The van der Waals surface area contributed by atoms with Gasteiger partial charge in [0, 0.05) is 19.2 Å². The second kappa shape index (κ2) is 6.08. The Morgan fingerprint density at radius 1 is 1.33 bits per heavy atom. The van der Waals surface area contributed by atoms with Crippen LogP contribution in [0.15, 0.2) is 28.7 Å². The molecule has 2 N–H and O–H groups in total. The number of nitrogen functional groups attached to an aromatic ring is 1. The molecule has 0 atom stereocenters. The first kappa shape index (κ1) is 15.2. The molecule has 4 nitrogen and oxygen atoms in total. The van der Waals surface area contributed by atoms with E-state index in [1.54, 1.807) is 6.07 Å². The summed E-state index contributed by atoms with van der Waals surface area (Å²) < 4.78 is 24.9. The van der Waals surface area contributed by atoms with Crippen molar-refractivity contribution >= 4 is 11.4 Å². The van der Waals surface area contributed by atoms with Crippen LogP contribution in [0, 0.1) is 12.7 Å². The molecule has 1 aromatic heterocycles. The van der Waals surface area contributed by atoms with E-state index in [9.17, 15) is 4.39 Å². The van der Waals surface area contributed by atoms with Crippen molar-refractivity contribution in [1.29, 1.82) is 0 Å². The van der Waals surface area contributed by atoms with Crippen molar-refractivity contribution in [3.05, 3.63) is 41.6 Å². The molecule has 2 rings (SSSR count). The summed E-state index contributed by atoms with van der Waals surface area (Å²) in [6, 6.07) is 6.74. The molecular weight excluding hydrogens is 271 g/mol. The zero-order valence-electron chi connectivity index (χ0n) is 12.8. The first-order valence-corrected chi connectivity index (χ1v) is 6.89. The summed E-state index contributed by atoms with van der Waals surface area (Å²) in [5.41, 5.74) is 6.99. The molecule has 0 aliphatic rings. The van der Waals surface area contributed by atoms with Gasteiger partial charge in [0.25, 0.3) is 0 Å². The van der Waals surface area contributed by atoms with Gasteiger partial charge in [-0.1, -0.05) is 0 Å². The van der Waals surface area contributed by atoms with Crippen LogP contribution in [0.25, 0.3) is 0 Å². The first-order chi connectivity index (χ1) is 9.86. The van der Waals surface area contributed by atoms with Crippen LogP contribution in [-0.2, 0) is 6.54 Å². The number of halogens is 1. The van der Waals surface area contributed by atoms with E-state index in [0.29, 0.717) is 17.9 Å². The van der Waals surface area contributed by atoms with Crippen molar-refractivity contribution < 1.29 is 13.5 Å². The maximum Gasteiger partial charge on any atom is 0.167 e. The predicted molar refractivity (Wildman–Crippen MR) is 82.1 cm³/mol. The summed E-state index contributed by atoms with van der Waals surface area (Å²) in [6.07, 6.45) is -0.103. The number of hydrogen-bond acceptors (Lipinski definition) is 4. The zero-order chi connectivity index (χ0) is 15.6. The van der Waals surface area contributed by atoms with Gasteiger partial charge in [-0.15, -0.1) is 0 Å². The Morgan fingerprint density at radius 2 is 2.05 bits per heavy atom. The summed E-state index contributed by atoms with van der Waals surface area (Å²) in [5.74, 6) is 1.43. The van der Waals surface area contributed by atoms with E-state index in [0.717, 1.165) is 11.5 Å². The van der Waals surface area contributed by atoms with Crippen molar-refractivity contribution in [2.75, 3.05) is 17.7 Å². The van der Waals surface area contributed by atoms with Gasteiger partial charge < -0.3 is 19.8 Å². The Kier molecular flexibility index (Phi) is 4.40. The minimum absolute atomic E-state index is 0.103. The predicted octanol–water partition coefficient (Wildman–Crippen LogP) is 3.73. The summed E-state index contributed by atoms with van der Waals surface area (Å²) in [7, 11) is 1.88. The Labute approximate surface area is 124 Å². The zero-order valence-corrected chi connectivity index (χ0v) is 12.8. The van der Waals surface area contributed by atoms with Crippen LogP contribution >= 0.6 is 0 Å². The topological polar surface area (TPSA) is 51.6 Å². The SMILES string of the molecule is Cc1ccc(CN(C)c2cc(OC(C)C)c(F)cc2N)o1. The number of nitrogens with two attached hydrogens (primary N) is 1. The van der Waals surface area contributed by atoms with E-state index in [4.69, 9.17) is 14.9 Å². The molecule has 1 heterocycles. The van der Waals surface area contributed by atoms with E-state index in [2.05, 4.69) is 0 Å². The normalized spacial score (nSPS) is 11.0. The summed E-state index contributed by atoms with van der Waals surface area (Å²) >= 11 is 0. The first-order valence-electron chi connectivity index (χ1n) is 6.89. The largest absolute Gasteiger partial charge is 0.488 e. The van der Waals surface area contributed by atoms with Crippen molar-refractivity contribution in [1.82, 2.24) is 0 Å². The molecule has 0 bridgehead atoms. The molecule has 0 amide bonds. The molecule has 0 saturated carbocycles. The van der Waals surface area contributed by atoms with Crippen molar-refractivity contribution in [2.24, 2.45) is 0 Å². The third-order valence-corrected chi connectivity index (χ3v) is 3.04. The number of furan rings is 1. The van der Waals surface area contributed by atoms with E-state index >= 15 is 0 Å². The number of hydrogen-bond donors (Lipinski definition) is 1. The number of anilines is 2. The third kappa shape index (κ3) is 3.68. The van der Waals surface area contributed by atoms with Gasteiger partial charge in [0.15, 0.2) is 11.6 Å². The highest BCUT2D eigenvalue weighted by Crippen LogP contribution is 2.32. The van der Waals surface area contributed by atoms with Crippen LogP contribution in [0.1, 0.15) is 25.4 Å². The average molecular weight is 292 g/mol. The third-order valence-electron chi connectivity index (χ3n) is 3.04. The average Bonchev–Trinajstić information content (AvgIpc) is 2.77. The lowest BCUT2D eigenvalue weighted by Crippen LogP contribution is -2.18. The smallest absolute Gasteiger partial charge is 0.167 e. The molecule has 0 spiro atoms. The lowest BCUT2D eigenvalue weighted by atomic mass is 10.2. The highest BCUT2D eigenvalue weighted by atomic mass is 19.1. The second-order valence-electron chi connectivity index (χ2n) is 5.38. The Balaban J connectivity index is 2.25.